The molecule has 0 heterocycles. The topological polar surface area (TPSA) is 18.5 Å². The highest BCUT2D eigenvalue weighted by Gasteiger charge is 2.50. The van der Waals surface area contributed by atoms with Crippen molar-refractivity contribution < 1.29 is 9.47 Å². The Kier molecular flexibility index (Phi) is 3.94. The van der Waals surface area contributed by atoms with Crippen molar-refractivity contribution in [3.63, 3.8) is 0 Å². The van der Waals surface area contributed by atoms with Crippen molar-refractivity contribution in [3.8, 4) is 11.5 Å². The molecule has 1 fully saturated rings. The molecule has 0 amide bonds. The third-order valence-electron chi connectivity index (χ3n) is 4.33. The van der Waals surface area contributed by atoms with Crippen molar-refractivity contribution in [2.75, 3.05) is 14.2 Å². The predicted octanol–water partition coefficient (Wildman–Crippen LogP) is 4.87. The van der Waals surface area contributed by atoms with E-state index in [1.807, 2.05) is 12.1 Å². The molecule has 2 aromatic carbocycles. The number of rotatable bonds is 5. The van der Waals surface area contributed by atoms with E-state index in [9.17, 15) is 0 Å². The second-order valence-corrected chi connectivity index (χ2v) is 6.41. The van der Waals surface area contributed by atoms with Crippen LogP contribution < -0.4 is 9.47 Å². The van der Waals surface area contributed by atoms with Crippen LogP contribution in [0.15, 0.2) is 48.5 Å². The number of hydrogen-bond acceptors (Lipinski definition) is 2. The minimum absolute atomic E-state index is 0.168. The Balaban J connectivity index is 2.00. The quantitative estimate of drug-likeness (QED) is 0.719. The van der Waals surface area contributed by atoms with Gasteiger partial charge in [0.15, 0.2) is 0 Å². The van der Waals surface area contributed by atoms with Crippen LogP contribution in [0.25, 0.3) is 0 Å². The van der Waals surface area contributed by atoms with E-state index >= 15 is 0 Å². The first-order valence-corrected chi connectivity index (χ1v) is 8.04. The molecule has 1 atom stereocenters. The number of hydrogen-bond donors (Lipinski definition) is 0. The molecule has 0 aromatic heterocycles. The maximum Gasteiger partial charge on any atom is 0.123 e. The highest BCUT2D eigenvalue weighted by atomic mass is 79.9. The Labute approximate surface area is 134 Å². The van der Waals surface area contributed by atoms with Gasteiger partial charge in [0.05, 0.1) is 19.0 Å². The fourth-order valence-corrected chi connectivity index (χ4v) is 4.01. The molecule has 0 aliphatic heterocycles. The largest absolute Gasteiger partial charge is 0.497 e. The maximum atomic E-state index is 5.54. The fraction of sp³-hybridized carbons (Fsp3) is 0.333. The van der Waals surface area contributed by atoms with Crippen LogP contribution in [0.4, 0.5) is 0 Å². The molecular weight excluding hydrogens is 328 g/mol. The van der Waals surface area contributed by atoms with Crippen LogP contribution in [0.1, 0.15) is 28.8 Å². The van der Waals surface area contributed by atoms with E-state index < -0.39 is 0 Å². The average Bonchev–Trinajstić information content (AvgIpc) is 3.36. The van der Waals surface area contributed by atoms with Gasteiger partial charge < -0.3 is 9.47 Å². The zero-order valence-corrected chi connectivity index (χ0v) is 13.9. The molecule has 0 saturated heterocycles. The lowest BCUT2D eigenvalue weighted by molar-refractivity contribution is 0.396. The average molecular weight is 347 g/mol. The predicted molar refractivity (Wildman–Crippen MR) is 88.6 cm³/mol. The van der Waals surface area contributed by atoms with Crippen molar-refractivity contribution in [2.24, 2.45) is 0 Å². The summed E-state index contributed by atoms with van der Waals surface area (Å²) in [6, 6.07) is 16.7. The summed E-state index contributed by atoms with van der Waals surface area (Å²) in [6.45, 7) is 0. The van der Waals surface area contributed by atoms with Gasteiger partial charge in [0.1, 0.15) is 11.5 Å². The summed E-state index contributed by atoms with van der Waals surface area (Å²) in [4.78, 5) is 0.220. The van der Waals surface area contributed by atoms with Gasteiger partial charge in [0, 0.05) is 11.0 Å². The zero-order chi connectivity index (χ0) is 14.9. The van der Waals surface area contributed by atoms with Crippen LogP contribution in [-0.4, -0.2) is 14.2 Å². The highest BCUT2D eigenvalue weighted by Crippen LogP contribution is 2.61. The fourth-order valence-electron chi connectivity index (χ4n) is 2.93. The molecule has 3 heteroatoms. The van der Waals surface area contributed by atoms with Crippen LogP contribution >= 0.6 is 15.9 Å². The van der Waals surface area contributed by atoms with E-state index in [0.717, 1.165) is 17.1 Å². The van der Waals surface area contributed by atoms with Crippen LogP contribution in [0.3, 0.4) is 0 Å². The van der Waals surface area contributed by atoms with Crippen LogP contribution in [0.2, 0.25) is 0 Å². The molecule has 0 N–H and O–H groups in total. The van der Waals surface area contributed by atoms with Gasteiger partial charge >= 0.3 is 0 Å². The first-order chi connectivity index (χ1) is 10.2. The SMILES string of the molecule is COc1ccc(OC)c(C(Br)C2(c3ccccc3)CC2)c1. The first-order valence-electron chi connectivity index (χ1n) is 7.13. The van der Waals surface area contributed by atoms with Crippen LogP contribution in [0, 0.1) is 0 Å². The van der Waals surface area contributed by atoms with Gasteiger partial charge in [0.2, 0.25) is 0 Å². The summed E-state index contributed by atoms with van der Waals surface area (Å²) in [6.07, 6.45) is 2.38. The van der Waals surface area contributed by atoms with E-state index in [4.69, 9.17) is 9.47 Å². The number of halogens is 1. The molecule has 2 nitrogen and oxygen atoms in total. The van der Waals surface area contributed by atoms with E-state index in [2.05, 4.69) is 52.3 Å². The Morgan fingerprint density at radius 1 is 1.00 bits per heavy atom. The van der Waals surface area contributed by atoms with Gasteiger partial charge in [-0.1, -0.05) is 46.3 Å². The van der Waals surface area contributed by atoms with E-state index in [0.29, 0.717) is 0 Å². The Hall–Kier alpha value is -1.48. The lowest BCUT2D eigenvalue weighted by Crippen LogP contribution is -2.14. The van der Waals surface area contributed by atoms with Gasteiger partial charge in [0.25, 0.3) is 0 Å². The van der Waals surface area contributed by atoms with Crippen LogP contribution in [-0.2, 0) is 5.41 Å². The molecule has 1 unspecified atom stereocenters. The van der Waals surface area contributed by atoms with Crippen molar-refractivity contribution in [2.45, 2.75) is 23.1 Å². The summed E-state index contributed by atoms with van der Waals surface area (Å²) in [5.41, 5.74) is 2.70. The number of ether oxygens (including phenoxy) is 2. The summed E-state index contributed by atoms with van der Waals surface area (Å²) in [5, 5.41) is 0. The second kappa shape index (κ2) is 5.72. The molecule has 21 heavy (non-hydrogen) atoms. The van der Waals surface area contributed by atoms with Gasteiger partial charge in [-0.3, -0.25) is 0 Å². The first kappa shape index (κ1) is 14.5. The van der Waals surface area contributed by atoms with E-state index in [1.54, 1.807) is 14.2 Å². The minimum Gasteiger partial charge on any atom is -0.497 e. The Morgan fingerprint density at radius 3 is 2.29 bits per heavy atom. The van der Waals surface area contributed by atoms with Gasteiger partial charge in [-0.25, -0.2) is 0 Å². The number of methoxy groups -OCH3 is 2. The van der Waals surface area contributed by atoms with Crippen molar-refractivity contribution >= 4 is 15.9 Å². The molecule has 2 aromatic rings. The molecule has 1 aliphatic carbocycles. The maximum absolute atomic E-state index is 5.54. The normalized spacial score (nSPS) is 17.1. The summed E-state index contributed by atoms with van der Waals surface area (Å²) < 4.78 is 10.9. The van der Waals surface area contributed by atoms with E-state index in [1.165, 1.54) is 18.4 Å². The third-order valence-corrected chi connectivity index (χ3v) is 5.70. The summed E-state index contributed by atoms with van der Waals surface area (Å²) in [5.74, 6) is 1.76. The molecule has 0 bridgehead atoms. The van der Waals surface area contributed by atoms with Crippen molar-refractivity contribution in [3.05, 3.63) is 59.7 Å². The third kappa shape index (κ3) is 2.55. The molecule has 1 aliphatic rings. The van der Waals surface area contributed by atoms with Crippen molar-refractivity contribution in [1.29, 1.82) is 0 Å². The standard InChI is InChI=1S/C18H19BrO2/c1-20-14-8-9-16(21-2)15(12-14)17(19)18(10-11-18)13-6-4-3-5-7-13/h3-9,12,17H,10-11H2,1-2H3. The van der Waals surface area contributed by atoms with Gasteiger partial charge in [-0.2, -0.15) is 0 Å². The van der Waals surface area contributed by atoms with E-state index in [-0.39, 0.29) is 10.2 Å². The lowest BCUT2D eigenvalue weighted by Gasteiger charge is -2.25. The van der Waals surface area contributed by atoms with Gasteiger partial charge in [-0.15, -0.1) is 0 Å². The second-order valence-electron chi connectivity index (χ2n) is 5.49. The summed E-state index contributed by atoms with van der Waals surface area (Å²) >= 11 is 3.93. The molecule has 1 saturated carbocycles. The monoisotopic (exact) mass is 346 g/mol. The molecule has 3 rings (SSSR count). The lowest BCUT2D eigenvalue weighted by atomic mass is 9.88. The Bertz CT molecular complexity index is 620. The minimum atomic E-state index is 0.168. The molecule has 110 valence electrons. The van der Waals surface area contributed by atoms with Crippen molar-refractivity contribution in [1.82, 2.24) is 0 Å². The smallest absolute Gasteiger partial charge is 0.123 e. The summed E-state index contributed by atoms with van der Waals surface area (Å²) in [7, 11) is 3.41. The molecule has 0 radical (unpaired) electrons. The molecule has 0 spiro atoms. The highest BCUT2D eigenvalue weighted by molar-refractivity contribution is 9.09. The van der Waals surface area contributed by atoms with Crippen LogP contribution in [0.5, 0.6) is 11.5 Å². The van der Waals surface area contributed by atoms with Gasteiger partial charge in [-0.05, 0) is 36.6 Å². The molecular formula is C18H19BrO2. The number of benzene rings is 2. The Morgan fingerprint density at radius 2 is 1.71 bits per heavy atom. The number of alkyl halides is 1. The zero-order valence-electron chi connectivity index (χ0n) is 12.3.